The fourth-order valence-electron chi connectivity index (χ4n) is 2.38. The van der Waals surface area contributed by atoms with Crippen molar-refractivity contribution in [2.24, 2.45) is 11.7 Å². The molecule has 1 aliphatic carbocycles. The minimum atomic E-state index is -2.44. The molecule has 7 heteroatoms. The normalized spacial score (nSPS) is 19.3. The zero-order valence-electron chi connectivity index (χ0n) is 12.1. The summed E-state index contributed by atoms with van der Waals surface area (Å²) in [6.45, 7) is 0.948. The van der Waals surface area contributed by atoms with Gasteiger partial charge in [-0.05, 0) is 12.0 Å². The first-order valence-electron chi connectivity index (χ1n) is 7.27. The molecular formula is C15H18F2N4S. The molecule has 22 heavy (non-hydrogen) atoms. The van der Waals surface area contributed by atoms with Crippen LogP contribution in [-0.4, -0.2) is 26.4 Å². The van der Waals surface area contributed by atoms with E-state index in [0.717, 1.165) is 10.7 Å². The van der Waals surface area contributed by atoms with Gasteiger partial charge in [0.05, 0.1) is 13.1 Å². The summed E-state index contributed by atoms with van der Waals surface area (Å²) in [7, 11) is 0. The Bertz CT molecular complexity index is 630. The lowest BCUT2D eigenvalue weighted by Gasteiger charge is -2.09. The lowest BCUT2D eigenvalue weighted by molar-refractivity contribution is 0.0983. The summed E-state index contributed by atoms with van der Waals surface area (Å²) in [6, 6.07) is 9.97. The van der Waals surface area contributed by atoms with E-state index in [2.05, 4.69) is 10.2 Å². The number of aromatic nitrogens is 3. The summed E-state index contributed by atoms with van der Waals surface area (Å²) in [4.78, 5) is 0. The summed E-state index contributed by atoms with van der Waals surface area (Å²) in [6.07, 6.45) is 0.534. The van der Waals surface area contributed by atoms with Gasteiger partial charge in [-0.2, -0.15) is 0 Å². The second-order valence-corrected chi connectivity index (χ2v) is 6.54. The van der Waals surface area contributed by atoms with Crippen LogP contribution in [0.3, 0.4) is 0 Å². The minimum Gasteiger partial charge on any atom is -0.324 e. The third kappa shape index (κ3) is 3.47. The van der Waals surface area contributed by atoms with Crippen molar-refractivity contribution in [3.05, 3.63) is 41.7 Å². The molecule has 3 rings (SSSR count). The van der Waals surface area contributed by atoms with E-state index in [0.29, 0.717) is 31.1 Å². The molecule has 1 aromatic heterocycles. The summed E-state index contributed by atoms with van der Waals surface area (Å²) in [5.74, 6) is -1.57. The predicted octanol–water partition coefficient (Wildman–Crippen LogP) is 2.92. The van der Waals surface area contributed by atoms with Crippen LogP contribution in [0.15, 0.2) is 35.5 Å². The fraction of sp³-hybridized carbons (Fsp3) is 0.467. The Labute approximate surface area is 132 Å². The van der Waals surface area contributed by atoms with Gasteiger partial charge in [0.2, 0.25) is 0 Å². The quantitative estimate of drug-likeness (QED) is 0.796. The van der Waals surface area contributed by atoms with Crippen molar-refractivity contribution in [2.45, 2.75) is 37.0 Å². The van der Waals surface area contributed by atoms with Crippen LogP contribution in [0.1, 0.15) is 24.2 Å². The second kappa shape index (κ2) is 6.34. The van der Waals surface area contributed by atoms with Crippen LogP contribution < -0.4 is 5.73 Å². The third-order valence-electron chi connectivity index (χ3n) is 3.81. The maximum Gasteiger partial charge on any atom is 0.251 e. The van der Waals surface area contributed by atoms with Crippen LogP contribution in [0.2, 0.25) is 0 Å². The maximum absolute atomic E-state index is 12.9. The van der Waals surface area contributed by atoms with Gasteiger partial charge in [0.25, 0.3) is 5.92 Å². The molecule has 1 heterocycles. The molecule has 0 radical (unpaired) electrons. The molecule has 0 amide bonds. The molecule has 4 nitrogen and oxygen atoms in total. The summed E-state index contributed by atoms with van der Waals surface area (Å²) < 4.78 is 27.7. The van der Waals surface area contributed by atoms with Crippen molar-refractivity contribution in [1.29, 1.82) is 0 Å². The number of hydrogen-bond acceptors (Lipinski definition) is 4. The monoisotopic (exact) mass is 324 g/mol. The van der Waals surface area contributed by atoms with Gasteiger partial charge in [0, 0.05) is 18.1 Å². The van der Waals surface area contributed by atoms with E-state index in [1.54, 1.807) is 0 Å². The third-order valence-corrected chi connectivity index (χ3v) is 4.81. The van der Waals surface area contributed by atoms with E-state index >= 15 is 0 Å². The first kappa shape index (κ1) is 15.4. The Balaban J connectivity index is 1.65. The minimum absolute atomic E-state index is 0.0261. The number of thioether (sulfide) groups is 1. The van der Waals surface area contributed by atoms with E-state index in [9.17, 15) is 8.78 Å². The van der Waals surface area contributed by atoms with Crippen molar-refractivity contribution < 1.29 is 8.78 Å². The van der Waals surface area contributed by atoms with Crippen molar-refractivity contribution >= 4 is 11.8 Å². The highest BCUT2D eigenvalue weighted by Gasteiger charge is 2.55. The zero-order chi connectivity index (χ0) is 15.6. The Morgan fingerprint density at radius 2 is 2.00 bits per heavy atom. The smallest absolute Gasteiger partial charge is 0.251 e. The Morgan fingerprint density at radius 1 is 1.27 bits per heavy atom. The topological polar surface area (TPSA) is 56.7 Å². The lowest BCUT2D eigenvalue weighted by atomic mass is 10.2. The standard InChI is InChI=1S/C15H18F2N4S/c16-15(17)8-12(15)6-7-22-14-20-19-13(9-18)21(14)10-11-4-2-1-3-5-11/h1-5,12H,6-10,18H2. The second-order valence-electron chi connectivity index (χ2n) is 5.47. The average molecular weight is 324 g/mol. The first-order chi connectivity index (χ1) is 10.6. The molecular weight excluding hydrogens is 306 g/mol. The van der Waals surface area contributed by atoms with E-state index in [4.69, 9.17) is 5.73 Å². The Morgan fingerprint density at radius 3 is 2.64 bits per heavy atom. The van der Waals surface area contributed by atoms with E-state index in [-0.39, 0.29) is 6.42 Å². The first-order valence-corrected chi connectivity index (χ1v) is 8.25. The summed E-state index contributed by atoms with van der Waals surface area (Å²) in [5, 5.41) is 8.98. The maximum atomic E-state index is 12.9. The largest absolute Gasteiger partial charge is 0.324 e. The van der Waals surface area contributed by atoms with Gasteiger partial charge in [-0.25, -0.2) is 8.78 Å². The molecule has 1 aromatic carbocycles. The highest BCUT2D eigenvalue weighted by Crippen LogP contribution is 2.51. The predicted molar refractivity (Wildman–Crippen MR) is 81.9 cm³/mol. The molecule has 118 valence electrons. The van der Waals surface area contributed by atoms with Crippen LogP contribution in [0.4, 0.5) is 8.78 Å². The summed E-state index contributed by atoms with van der Waals surface area (Å²) in [5.41, 5.74) is 6.84. The SMILES string of the molecule is NCc1nnc(SCCC2CC2(F)F)n1Cc1ccccc1. The van der Waals surface area contributed by atoms with Crippen LogP contribution in [-0.2, 0) is 13.1 Å². The number of rotatable bonds is 7. The van der Waals surface area contributed by atoms with Crippen molar-refractivity contribution in [1.82, 2.24) is 14.8 Å². The van der Waals surface area contributed by atoms with E-state index in [1.807, 2.05) is 34.9 Å². The molecule has 1 saturated carbocycles. The van der Waals surface area contributed by atoms with Gasteiger partial charge in [0.1, 0.15) is 5.82 Å². The van der Waals surface area contributed by atoms with Gasteiger partial charge < -0.3 is 10.3 Å². The number of benzene rings is 1. The highest BCUT2D eigenvalue weighted by atomic mass is 32.2. The molecule has 0 aliphatic heterocycles. The van der Waals surface area contributed by atoms with Gasteiger partial charge >= 0.3 is 0 Å². The zero-order valence-corrected chi connectivity index (χ0v) is 12.9. The number of nitrogens with zero attached hydrogens (tertiary/aromatic N) is 3. The Kier molecular flexibility index (Phi) is 4.44. The van der Waals surface area contributed by atoms with E-state index < -0.39 is 11.8 Å². The number of halogens is 2. The number of hydrogen-bond donors (Lipinski definition) is 1. The molecule has 1 aliphatic rings. The molecule has 1 fully saturated rings. The van der Waals surface area contributed by atoms with Crippen LogP contribution in [0, 0.1) is 5.92 Å². The van der Waals surface area contributed by atoms with Gasteiger partial charge in [0.15, 0.2) is 5.16 Å². The number of nitrogens with two attached hydrogens (primary N) is 1. The molecule has 1 unspecified atom stereocenters. The van der Waals surface area contributed by atoms with Crippen LogP contribution >= 0.6 is 11.8 Å². The van der Waals surface area contributed by atoms with E-state index in [1.165, 1.54) is 11.8 Å². The van der Waals surface area contributed by atoms with Gasteiger partial charge in [-0.15, -0.1) is 10.2 Å². The summed E-state index contributed by atoms with van der Waals surface area (Å²) >= 11 is 1.47. The van der Waals surface area contributed by atoms with Crippen molar-refractivity contribution in [3.8, 4) is 0 Å². The molecule has 0 bridgehead atoms. The molecule has 2 aromatic rings. The molecule has 0 spiro atoms. The molecule has 2 N–H and O–H groups in total. The van der Waals surface area contributed by atoms with Crippen LogP contribution in [0.5, 0.6) is 0 Å². The van der Waals surface area contributed by atoms with Gasteiger partial charge in [-0.1, -0.05) is 42.1 Å². The fourth-order valence-corrected chi connectivity index (χ4v) is 3.39. The van der Waals surface area contributed by atoms with Crippen LogP contribution in [0.25, 0.3) is 0 Å². The highest BCUT2D eigenvalue weighted by molar-refractivity contribution is 7.99. The molecule has 1 atom stereocenters. The van der Waals surface area contributed by atoms with Crippen molar-refractivity contribution in [3.63, 3.8) is 0 Å². The average Bonchev–Trinajstić information content (AvgIpc) is 2.94. The van der Waals surface area contributed by atoms with Gasteiger partial charge in [-0.3, -0.25) is 0 Å². The Hall–Kier alpha value is -1.47. The molecule has 0 saturated heterocycles. The lowest BCUT2D eigenvalue weighted by Crippen LogP contribution is -2.10. The number of alkyl halides is 2. The van der Waals surface area contributed by atoms with Crippen molar-refractivity contribution in [2.75, 3.05) is 5.75 Å².